The van der Waals surface area contributed by atoms with E-state index in [0.717, 1.165) is 36.5 Å². The summed E-state index contributed by atoms with van der Waals surface area (Å²) in [5.74, 6) is 0.764. The molecule has 2 aromatic carbocycles. The van der Waals surface area contributed by atoms with Crippen LogP contribution in [0, 0.1) is 6.92 Å². The Morgan fingerprint density at radius 2 is 1.80 bits per heavy atom. The monoisotopic (exact) mass is 415 g/mol. The molecule has 0 aromatic heterocycles. The molecule has 0 bridgehead atoms. The number of hydrogen-bond acceptors (Lipinski definition) is 2. The number of aryl methyl sites for hydroxylation is 1. The molecule has 0 saturated carbocycles. The van der Waals surface area contributed by atoms with Gasteiger partial charge in [-0.3, -0.25) is 4.99 Å². The summed E-state index contributed by atoms with van der Waals surface area (Å²) in [5.41, 5.74) is 2.82. The molecule has 5 heteroatoms. The zero-order valence-corrected chi connectivity index (χ0v) is 14.9. The summed E-state index contributed by atoms with van der Waals surface area (Å²) in [4.78, 5) is 4.42. The molecule has 2 aromatic rings. The topological polar surface area (TPSA) is 21.6 Å². The maximum Gasteiger partial charge on any atom is 0.147 e. The van der Waals surface area contributed by atoms with Crippen LogP contribution in [0.3, 0.4) is 0 Å². The van der Waals surface area contributed by atoms with Gasteiger partial charge < -0.3 is 4.74 Å². The van der Waals surface area contributed by atoms with Gasteiger partial charge in [-0.05, 0) is 74.2 Å². The summed E-state index contributed by atoms with van der Waals surface area (Å²) in [6.07, 6.45) is 1.79. The predicted molar refractivity (Wildman–Crippen MR) is 91.8 cm³/mol. The molecule has 0 radical (unpaired) electrons. The first-order chi connectivity index (χ1) is 9.51. The van der Waals surface area contributed by atoms with Crippen LogP contribution in [-0.4, -0.2) is 13.3 Å². The van der Waals surface area contributed by atoms with E-state index >= 15 is 0 Å². The lowest BCUT2D eigenvalue weighted by Gasteiger charge is -2.06. The summed E-state index contributed by atoms with van der Waals surface area (Å²) in [7, 11) is 1.63. The van der Waals surface area contributed by atoms with Crippen molar-refractivity contribution < 1.29 is 4.74 Å². The van der Waals surface area contributed by atoms with Gasteiger partial charge in [0.2, 0.25) is 0 Å². The second kappa shape index (κ2) is 6.74. The van der Waals surface area contributed by atoms with Gasteiger partial charge in [0.05, 0.1) is 21.7 Å². The van der Waals surface area contributed by atoms with Crippen LogP contribution >= 0.6 is 43.5 Å². The second-order valence-electron chi connectivity index (χ2n) is 4.21. The van der Waals surface area contributed by atoms with Gasteiger partial charge in [0.1, 0.15) is 5.75 Å². The molecule has 104 valence electrons. The van der Waals surface area contributed by atoms with E-state index in [1.807, 2.05) is 37.3 Å². The number of nitrogens with zero attached hydrogens (tertiary/aromatic N) is 1. The summed E-state index contributed by atoms with van der Waals surface area (Å²) >= 11 is 13.0. The highest BCUT2D eigenvalue weighted by Crippen LogP contribution is 2.34. The van der Waals surface area contributed by atoms with Crippen molar-refractivity contribution in [1.82, 2.24) is 0 Å². The molecule has 0 spiro atoms. The Morgan fingerprint density at radius 1 is 1.15 bits per heavy atom. The average molecular weight is 418 g/mol. The number of rotatable bonds is 3. The minimum atomic E-state index is 0.719. The molecule has 0 saturated heterocycles. The molecule has 2 nitrogen and oxygen atoms in total. The molecule has 0 fully saturated rings. The minimum Gasteiger partial charge on any atom is -0.494 e. The van der Waals surface area contributed by atoms with Crippen molar-refractivity contribution in [3.63, 3.8) is 0 Å². The van der Waals surface area contributed by atoms with Crippen LogP contribution in [0.25, 0.3) is 0 Å². The molecule has 0 aliphatic carbocycles. The molecule has 0 unspecified atom stereocenters. The van der Waals surface area contributed by atoms with Crippen molar-refractivity contribution in [1.29, 1.82) is 0 Å². The lowest BCUT2D eigenvalue weighted by molar-refractivity contribution is 0.409. The van der Waals surface area contributed by atoms with Gasteiger partial charge in [0.25, 0.3) is 0 Å². The van der Waals surface area contributed by atoms with Crippen LogP contribution in [0.2, 0.25) is 5.02 Å². The highest BCUT2D eigenvalue weighted by atomic mass is 79.9. The van der Waals surface area contributed by atoms with Crippen LogP contribution in [0.4, 0.5) is 5.69 Å². The molecule has 0 atom stereocenters. The van der Waals surface area contributed by atoms with Gasteiger partial charge in [-0.2, -0.15) is 0 Å². The van der Waals surface area contributed by atoms with Crippen molar-refractivity contribution >= 4 is 55.4 Å². The van der Waals surface area contributed by atoms with Crippen molar-refractivity contribution in [2.75, 3.05) is 7.11 Å². The van der Waals surface area contributed by atoms with E-state index in [9.17, 15) is 0 Å². The Morgan fingerprint density at radius 3 is 2.35 bits per heavy atom. The Labute approximate surface area is 140 Å². The molecule has 0 amide bonds. The minimum absolute atomic E-state index is 0.719. The zero-order valence-electron chi connectivity index (χ0n) is 11.0. The SMILES string of the molecule is COc1c(Br)cc(C=Nc2ccc(C)c(Cl)c2)cc1Br. The van der Waals surface area contributed by atoms with Gasteiger partial charge in [-0.25, -0.2) is 0 Å². The maximum atomic E-state index is 6.08. The lowest BCUT2D eigenvalue weighted by atomic mass is 10.2. The number of hydrogen-bond donors (Lipinski definition) is 0. The number of ether oxygens (including phenoxy) is 1. The quantitative estimate of drug-likeness (QED) is 0.567. The number of halogens is 3. The molecule has 0 aliphatic rings. The predicted octanol–water partition coefficient (Wildman–Crippen LogP) is 5.93. The summed E-state index contributed by atoms with van der Waals surface area (Å²) in [5, 5.41) is 0.719. The Balaban J connectivity index is 2.29. The normalized spacial score (nSPS) is 11.1. The van der Waals surface area contributed by atoms with E-state index in [2.05, 4.69) is 36.9 Å². The first-order valence-electron chi connectivity index (χ1n) is 5.84. The largest absolute Gasteiger partial charge is 0.494 e. The van der Waals surface area contributed by atoms with E-state index in [4.69, 9.17) is 16.3 Å². The first-order valence-corrected chi connectivity index (χ1v) is 7.81. The molecule has 0 N–H and O–H groups in total. The van der Waals surface area contributed by atoms with Crippen molar-refractivity contribution in [2.45, 2.75) is 6.92 Å². The fourth-order valence-electron chi connectivity index (χ4n) is 1.66. The van der Waals surface area contributed by atoms with Gasteiger partial charge in [0, 0.05) is 11.2 Å². The van der Waals surface area contributed by atoms with Crippen LogP contribution < -0.4 is 4.74 Å². The molecular weight excluding hydrogens is 405 g/mol. The van der Waals surface area contributed by atoms with Crippen LogP contribution in [0.5, 0.6) is 5.75 Å². The average Bonchev–Trinajstić information content (AvgIpc) is 2.40. The number of methoxy groups -OCH3 is 1. The van der Waals surface area contributed by atoms with Crippen LogP contribution in [0.15, 0.2) is 44.3 Å². The smallest absolute Gasteiger partial charge is 0.147 e. The number of benzene rings is 2. The fourth-order valence-corrected chi connectivity index (χ4v) is 3.38. The van der Waals surface area contributed by atoms with Gasteiger partial charge in [-0.1, -0.05) is 17.7 Å². The third kappa shape index (κ3) is 3.62. The van der Waals surface area contributed by atoms with Crippen LogP contribution in [-0.2, 0) is 0 Å². The van der Waals surface area contributed by atoms with E-state index < -0.39 is 0 Å². The molecule has 20 heavy (non-hydrogen) atoms. The van der Waals surface area contributed by atoms with E-state index in [1.54, 1.807) is 13.3 Å². The van der Waals surface area contributed by atoms with Crippen LogP contribution in [0.1, 0.15) is 11.1 Å². The lowest BCUT2D eigenvalue weighted by Crippen LogP contribution is -1.89. The molecule has 2 rings (SSSR count). The molecular formula is C15H12Br2ClNO. The van der Waals surface area contributed by atoms with Crippen molar-refractivity contribution in [3.05, 3.63) is 55.4 Å². The molecule has 0 aliphatic heterocycles. The summed E-state index contributed by atoms with van der Waals surface area (Å²) in [6.45, 7) is 1.97. The Kier molecular flexibility index (Phi) is 5.24. The fraction of sp³-hybridized carbons (Fsp3) is 0.133. The van der Waals surface area contributed by atoms with E-state index in [0.29, 0.717) is 0 Å². The second-order valence-corrected chi connectivity index (χ2v) is 6.33. The van der Waals surface area contributed by atoms with E-state index in [-0.39, 0.29) is 0 Å². The van der Waals surface area contributed by atoms with E-state index in [1.165, 1.54) is 0 Å². The van der Waals surface area contributed by atoms with Gasteiger partial charge in [0.15, 0.2) is 0 Å². The summed E-state index contributed by atoms with van der Waals surface area (Å²) in [6, 6.07) is 9.63. The van der Waals surface area contributed by atoms with Crippen molar-refractivity contribution in [3.8, 4) is 5.75 Å². The van der Waals surface area contributed by atoms with Crippen molar-refractivity contribution in [2.24, 2.45) is 4.99 Å². The Hall–Kier alpha value is -0.840. The third-order valence-corrected chi connectivity index (χ3v) is 4.33. The van der Waals surface area contributed by atoms with Gasteiger partial charge in [-0.15, -0.1) is 0 Å². The standard InChI is InChI=1S/C15H12Br2ClNO/c1-9-3-4-11(7-14(9)18)19-8-10-5-12(16)15(20-2)13(17)6-10/h3-8H,1-2H3. The maximum absolute atomic E-state index is 6.08. The molecule has 0 heterocycles. The zero-order chi connectivity index (χ0) is 14.7. The number of aliphatic imine (C=N–C) groups is 1. The third-order valence-electron chi connectivity index (χ3n) is 2.74. The highest BCUT2D eigenvalue weighted by molar-refractivity contribution is 9.11. The first kappa shape index (κ1) is 15.5. The summed E-state index contributed by atoms with van der Waals surface area (Å²) < 4.78 is 7.01. The van der Waals surface area contributed by atoms with Gasteiger partial charge >= 0.3 is 0 Å². The highest BCUT2D eigenvalue weighted by Gasteiger charge is 2.06. The Bertz CT molecular complexity index is 648.